The van der Waals surface area contributed by atoms with Gasteiger partial charge in [-0.1, -0.05) is 19.9 Å². The number of benzene rings is 2. The van der Waals surface area contributed by atoms with Crippen LogP contribution in [-0.2, 0) is 5.41 Å². The fourth-order valence-electron chi connectivity index (χ4n) is 3.76. The van der Waals surface area contributed by atoms with E-state index in [2.05, 4.69) is 25.1 Å². The Hall–Kier alpha value is -2.40. The summed E-state index contributed by atoms with van der Waals surface area (Å²) in [7, 11) is 0. The monoisotopic (exact) mass is 366 g/mol. The molecule has 0 atom stereocenters. The van der Waals surface area contributed by atoms with Crippen molar-refractivity contribution in [2.45, 2.75) is 19.3 Å². The minimum Gasteiger partial charge on any atom is -0.493 e. The lowest BCUT2D eigenvalue weighted by atomic mass is 9.71. The van der Waals surface area contributed by atoms with Gasteiger partial charge < -0.3 is 15.5 Å². The standard InChI is InChI=1S/C21H22N2O2S/c1-21(2)16-11-13(25-8-9-26-3)5-7-14(16)19(24)18-15-6-4-12(22)10-17(15)23-20(18)21/h4-7,10-11,23H,8-9,22H2,1-3H3. The molecule has 1 aliphatic rings. The fraction of sp³-hybridized carbons (Fsp3) is 0.286. The van der Waals surface area contributed by atoms with Crippen LogP contribution in [0.25, 0.3) is 10.9 Å². The Bertz CT molecular complexity index is 1020. The van der Waals surface area contributed by atoms with E-state index >= 15 is 0 Å². The summed E-state index contributed by atoms with van der Waals surface area (Å²) in [5.41, 5.74) is 10.6. The number of fused-ring (bicyclic) bond motifs is 4. The van der Waals surface area contributed by atoms with Crippen molar-refractivity contribution in [1.29, 1.82) is 0 Å². The molecule has 0 unspecified atom stereocenters. The number of nitrogen functional groups attached to an aromatic ring is 1. The molecule has 0 spiro atoms. The molecular weight excluding hydrogens is 344 g/mol. The van der Waals surface area contributed by atoms with Gasteiger partial charge in [0, 0.05) is 39.0 Å². The first-order valence-electron chi connectivity index (χ1n) is 8.66. The van der Waals surface area contributed by atoms with E-state index in [0.29, 0.717) is 12.3 Å². The Labute approximate surface area is 157 Å². The molecule has 5 heteroatoms. The summed E-state index contributed by atoms with van der Waals surface area (Å²) in [6, 6.07) is 11.5. The summed E-state index contributed by atoms with van der Waals surface area (Å²) in [6.07, 6.45) is 2.06. The van der Waals surface area contributed by atoms with Gasteiger partial charge in [0.25, 0.3) is 0 Å². The normalized spacial score (nSPS) is 15.0. The topological polar surface area (TPSA) is 68.1 Å². The molecule has 4 rings (SSSR count). The zero-order chi connectivity index (χ0) is 18.5. The first kappa shape index (κ1) is 17.0. The van der Waals surface area contributed by atoms with Crippen LogP contribution in [0.4, 0.5) is 5.69 Å². The van der Waals surface area contributed by atoms with Crippen LogP contribution in [0.5, 0.6) is 5.75 Å². The van der Waals surface area contributed by atoms with Crippen molar-refractivity contribution in [2.24, 2.45) is 0 Å². The first-order chi connectivity index (χ1) is 12.4. The highest BCUT2D eigenvalue weighted by Gasteiger charge is 2.39. The molecule has 0 aliphatic heterocycles. The minimum absolute atomic E-state index is 0.0565. The maximum absolute atomic E-state index is 13.2. The van der Waals surface area contributed by atoms with Gasteiger partial charge in [0.1, 0.15) is 5.75 Å². The van der Waals surface area contributed by atoms with Gasteiger partial charge in [-0.3, -0.25) is 4.79 Å². The van der Waals surface area contributed by atoms with Crippen LogP contribution in [0.15, 0.2) is 36.4 Å². The van der Waals surface area contributed by atoms with E-state index in [1.54, 1.807) is 11.8 Å². The van der Waals surface area contributed by atoms with Gasteiger partial charge >= 0.3 is 0 Å². The summed E-state index contributed by atoms with van der Waals surface area (Å²) in [4.78, 5) is 16.7. The average Bonchev–Trinajstić information content (AvgIpc) is 3.00. The molecule has 26 heavy (non-hydrogen) atoms. The highest BCUT2D eigenvalue weighted by atomic mass is 32.2. The highest BCUT2D eigenvalue weighted by molar-refractivity contribution is 7.98. The number of hydrogen-bond acceptors (Lipinski definition) is 4. The molecule has 1 heterocycles. The predicted octanol–water partition coefficient (Wildman–Crippen LogP) is 4.36. The molecule has 1 aliphatic carbocycles. The Kier molecular flexibility index (Phi) is 3.99. The molecule has 4 nitrogen and oxygen atoms in total. The SMILES string of the molecule is CSCCOc1ccc2c(c1)C(C)(C)c1[nH]c3cc(N)ccc3c1C2=O. The second kappa shape index (κ2) is 6.09. The van der Waals surface area contributed by atoms with Crippen LogP contribution in [0.2, 0.25) is 0 Å². The number of ketones is 1. The van der Waals surface area contributed by atoms with Crippen molar-refractivity contribution in [3.8, 4) is 5.75 Å². The van der Waals surface area contributed by atoms with Crippen LogP contribution in [0.1, 0.15) is 41.0 Å². The zero-order valence-corrected chi connectivity index (χ0v) is 16.0. The second-order valence-electron chi connectivity index (χ2n) is 7.18. The van der Waals surface area contributed by atoms with Crippen LogP contribution >= 0.6 is 11.8 Å². The van der Waals surface area contributed by atoms with Gasteiger partial charge in [0.2, 0.25) is 0 Å². The lowest BCUT2D eigenvalue weighted by Gasteiger charge is -2.32. The Morgan fingerprint density at radius 1 is 1.19 bits per heavy atom. The van der Waals surface area contributed by atoms with Crippen LogP contribution in [0, 0.1) is 0 Å². The van der Waals surface area contributed by atoms with Crippen LogP contribution in [-0.4, -0.2) is 29.4 Å². The number of rotatable bonds is 4. The van der Waals surface area contributed by atoms with Crippen LogP contribution < -0.4 is 10.5 Å². The number of ether oxygens (including phenoxy) is 1. The summed E-state index contributed by atoms with van der Waals surface area (Å²) < 4.78 is 5.84. The van der Waals surface area contributed by atoms with Gasteiger partial charge in [-0.25, -0.2) is 0 Å². The van der Waals surface area contributed by atoms with E-state index in [1.165, 1.54) is 0 Å². The number of carbonyl (C=O) groups is 1. The molecule has 134 valence electrons. The Morgan fingerprint density at radius 2 is 2.00 bits per heavy atom. The number of aromatic amines is 1. The maximum Gasteiger partial charge on any atom is 0.195 e. The molecule has 3 N–H and O–H groups in total. The quantitative estimate of drug-likeness (QED) is 0.532. The van der Waals surface area contributed by atoms with Gasteiger partial charge in [-0.05, 0) is 42.2 Å². The summed E-state index contributed by atoms with van der Waals surface area (Å²) in [5.74, 6) is 1.80. The summed E-state index contributed by atoms with van der Waals surface area (Å²) in [6.45, 7) is 4.94. The smallest absolute Gasteiger partial charge is 0.195 e. The first-order valence-corrected chi connectivity index (χ1v) is 10.1. The average molecular weight is 366 g/mol. The van der Waals surface area contributed by atoms with Gasteiger partial charge in [0.05, 0.1) is 12.2 Å². The van der Waals surface area contributed by atoms with E-state index in [9.17, 15) is 4.79 Å². The lowest BCUT2D eigenvalue weighted by molar-refractivity contribution is 0.103. The summed E-state index contributed by atoms with van der Waals surface area (Å²) in [5, 5.41) is 0.929. The van der Waals surface area contributed by atoms with E-state index < -0.39 is 0 Å². The second-order valence-corrected chi connectivity index (χ2v) is 8.17. The van der Waals surface area contributed by atoms with Crippen molar-refractivity contribution >= 4 is 34.1 Å². The number of nitrogens with one attached hydrogen (secondary N) is 1. The number of hydrogen-bond donors (Lipinski definition) is 2. The molecule has 2 aromatic carbocycles. The molecule has 1 aromatic heterocycles. The van der Waals surface area contributed by atoms with Gasteiger partial charge in [0.15, 0.2) is 5.78 Å². The summed E-state index contributed by atoms with van der Waals surface area (Å²) >= 11 is 1.75. The zero-order valence-electron chi connectivity index (χ0n) is 15.2. The number of aromatic nitrogens is 1. The number of nitrogens with two attached hydrogens (primary N) is 1. The number of thioether (sulfide) groups is 1. The molecule has 0 bridgehead atoms. The molecule has 0 radical (unpaired) electrons. The van der Waals surface area contributed by atoms with Crippen molar-refractivity contribution in [3.05, 3.63) is 58.8 Å². The number of anilines is 1. The third-order valence-electron chi connectivity index (χ3n) is 5.14. The third-order valence-corrected chi connectivity index (χ3v) is 5.71. The molecular formula is C21H22N2O2S. The molecule has 0 saturated carbocycles. The highest BCUT2D eigenvalue weighted by Crippen LogP contribution is 2.44. The van der Waals surface area contributed by atoms with Crippen molar-refractivity contribution in [1.82, 2.24) is 4.98 Å². The Morgan fingerprint density at radius 3 is 2.77 bits per heavy atom. The third kappa shape index (κ3) is 2.50. The number of H-pyrrole nitrogens is 1. The predicted molar refractivity (Wildman–Crippen MR) is 109 cm³/mol. The van der Waals surface area contributed by atoms with Gasteiger partial charge in [-0.2, -0.15) is 11.8 Å². The fourth-order valence-corrected chi connectivity index (χ4v) is 4.01. The lowest BCUT2D eigenvalue weighted by Crippen LogP contribution is -2.30. The van der Waals surface area contributed by atoms with E-state index in [0.717, 1.165) is 44.8 Å². The van der Waals surface area contributed by atoms with Crippen LogP contribution in [0.3, 0.4) is 0 Å². The minimum atomic E-state index is -0.328. The maximum atomic E-state index is 13.2. The van der Waals surface area contributed by atoms with Crippen molar-refractivity contribution in [3.63, 3.8) is 0 Å². The molecule has 0 fully saturated rings. The van der Waals surface area contributed by atoms with E-state index in [4.69, 9.17) is 10.5 Å². The van der Waals surface area contributed by atoms with Gasteiger partial charge in [-0.15, -0.1) is 0 Å². The van der Waals surface area contributed by atoms with E-state index in [-0.39, 0.29) is 11.2 Å². The van der Waals surface area contributed by atoms with Crippen molar-refractivity contribution < 1.29 is 9.53 Å². The number of carbonyl (C=O) groups excluding carboxylic acids is 1. The molecule has 0 saturated heterocycles. The Balaban J connectivity index is 1.86. The van der Waals surface area contributed by atoms with E-state index in [1.807, 2.05) is 36.4 Å². The largest absolute Gasteiger partial charge is 0.493 e. The molecule has 0 amide bonds. The van der Waals surface area contributed by atoms with Crippen molar-refractivity contribution in [2.75, 3.05) is 24.3 Å². The molecule has 3 aromatic rings.